The van der Waals surface area contributed by atoms with Gasteiger partial charge < -0.3 is 10.2 Å². The molecule has 0 atom stereocenters. The van der Waals surface area contributed by atoms with Crippen LogP contribution in [0.15, 0.2) is 29.1 Å². The molecule has 20 heavy (non-hydrogen) atoms. The number of rotatable bonds is 3. The predicted octanol–water partition coefficient (Wildman–Crippen LogP) is 0.957. The first-order chi connectivity index (χ1) is 9.74. The molecular weight excluding hydrogens is 256 g/mol. The number of para-hydroxylation sites is 1. The molecule has 6 nitrogen and oxygen atoms in total. The highest BCUT2D eigenvalue weighted by Gasteiger charge is 2.17. The van der Waals surface area contributed by atoms with Crippen molar-refractivity contribution in [2.24, 2.45) is 0 Å². The Labute approximate surface area is 115 Å². The summed E-state index contributed by atoms with van der Waals surface area (Å²) in [5.74, 6) is 0.375. The monoisotopic (exact) mass is 272 g/mol. The number of nitrogens with one attached hydrogen (secondary N) is 2. The van der Waals surface area contributed by atoms with E-state index in [2.05, 4.69) is 15.3 Å². The Balaban J connectivity index is 1.74. The Morgan fingerprint density at radius 3 is 2.85 bits per heavy atom. The molecule has 1 saturated heterocycles. The van der Waals surface area contributed by atoms with Crippen LogP contribution in [-0.2, 0) is 4.79 Å². The number of aromatic nitrogens is 2. The Bertz CT molecular complexity index is 689. The summed E-state index contributed by atoms with van der Waals surface area (Å²) in [6.07, 6.45) is 2.13. The maximum absolute atomic E-state index is 11.9. The molecule has 1 aliphatic rings. The van der Waals surface area contributed by atoms with Crippen LogP contribution in [0.25, 0.3) is 10.9 Å². The molecule has 0 aliphatic carbocycles. The van der Waals surface area contributed by atoms with Gasteiger partial charge in [0.05, 0.1) is 17.4 Å². The van der Waals surface area contributed by atoms with Gasteiger partial charge in [-0.3, -0.25) is 14.6 Å². The van der Waals surface area contributed by atoms with Gasteiger partial charge in [0.1, 0.15) is 0 Å². The van der Waals surface area contributed by atoms with E-state index in [1.54, 1.807) is 18.2 Å². The van der Waals surface area contributed by atoms with E-state index in [0.717, 1.165) is 25.9 Å². The first kappa shape index (κ1) is 12.7. The standard InChI is InChI=1S/C14H16N4O2/c19-12(18-7-3-4-8-18)9-15-14-16-11-6-2-1-5-10(11)13(20)17-14/h1-2,5-6H,3-4,7-9H2,(H2,15,16,17,20). The highest BCUT2D eigenvalue weighted by molar-refractivity contribution is 5.81. The molecule has 1 fully saturated rings. The molecule has 1 amide bonds. The molecule has 6 heteroatoms. The summed E-state index contributed by atoms with van der Waals surface area (Å²) in [6, 6.07) is 7.12. The fraction of sp³-hybridized carbons (Fsp3) is 0.357. The van der Waals surface area contributed by atoms with Crippen LogP contribution in [0.5, 0.6) is 0 Å². The number of fused-ring (bicyclic) bond motifs is 1. The zero-order chi connectivity index (χ0) is 13.9. The van der Waals surface area contributed by atoms with Gasteiger partial charge in [-0.25, -0.2) is 4.98 Å². The Hall–Kier alpha value is -2.37. The van der Waals surface area contributed by atoms with Crippen LogP contribution < -0.4 is 10.9 Å². The van der Waals surface area contributed by atoms with E-state index in [0.29, 0.717) is 16.9 Å². The molecule has 1 aromatic carbocycles. The lowest BCUT2D eigenvalue weighted by atomic mass is 10.2. The fourth-order valence-electron chi connectivity index (χ4n) is 2.41. The first-order valence-corrected chi connectivity index (χ1v) is 6.75. The van der Waals surface area contributed by atoms with Crippen LogP contribution >= 0.6 is 0 Å². The van der Waals surface area contributed by atoms with Crippen molar-refractivity contribution in [3.8, 4) is 0 Å². The van der Waals surface area contributed by atoms with Gasteiger partial charge in [-0.05, 0) is 25.0 Å². The van der Waals surface area contributed by atoms with E-state index in [1.807, 2.05) is 11.0 Å². The Kier molecular flexibility index (Phi) is 3.37. The SMILES string of the molecule is O=C(CNc1nc2ccccc2c(=O)[nH]1)N1CCCC1. The molecule has 0 bridgehead atoms. The second-order valence-corrected chi connectivity index (χ2v) is 4.87. The smallest absolute Gasteiger partial charge is 0.260 e. The number of carbonyl (C=O) groups is 1. The molecule has 2 aromatic rings. The predicted molar refractivity (Wildman–Crippen MR) is 76.7 cm³/mol. The van der Waals surface area contributed by atoms with Crippen LogP contribution in [0.2, 0.25) is 0 Å². The average Bonchev–Trinajstić information content (AvgIpc) is 2.99. The van der Waals surface area contributed by atoms with Crippen LogP contribution in [-0.4, -0.2) is 40.4 Å². The van der Waals surface area contributed by atoms with Gasteiger partial charge in [0.15, 0.2) is 0 Å². The number of H-pyrrole nitrogens is 1. The summed E-state index contributed by atoms with van der Waals surface area (Å²) in [5.41, 5.74) is 0.416. The average molecular weight is 272 g/mol. The molecule has 0 spiro atoms. The van der Waals surface area contributed by atoms with Crippen molar-refractivity contribution < 1.29 is 4.79 Å². The minimum Gasteiger partial charge on any atom is -0.347 e. The van der Waals surface area contributed by atoms with Crippen molar-refractivity contribution >= 4 is 22.8 Å². The highest BCUT2D eigenvalue weighted by Crippen LogP contribution is 2.09. The maximum Gasteiger partial charge on any atom is 0.260 e. The summed E-state index contributed by atoms with van der Waals surface area (Å²) in [6.45, 7) is 1.80. The summed E-state index contributed by atoms with van der Waals surface area (Å²) in [5, 5.41) is 3.44. The topological polar surface area (TPSA) is 78.1 Å². The molecule has 0 radical (unpaired) electrons. The molecule has 3 rings (SSSR count). The zero-order valence-electron chi connectivity index (χ0n) is 11.1. The maximum atomic E-state index is 11.9. The van der Waals surface area contributed by atoms with E-state index < -0.39 is 0 Å². The van der Waals surface area contributed by atoms with Crippen LogP contribution in [0.4, 0.5) is 5.95 Å². The molecule has 2 N–H and O–H groups in total. The highest BCUT2D eigenvalue weighted by atomic mass is 16.2. The van der Waals surface area contributed by atoms with Gasteiger partial charge in [0.25, 0.3) is 5.56 Å². The number of hydrogen-bond acceptors (Lipinski definition) is 4. The number of benzene rings is 1. The van der Waals surface area contributed by atoms with E-state index in [4.69, 9.17) is 0 Å². The quantitative estimate of drug-likeness (QED) is 0.872. The number of likely N-dealkylation sites (tertiary alicyclic amines) is 1. The summed E-state index contributed by atoms with van der Waals surface area (Å²) in [4.78, 5) is 32.6. The molecular formula is C14H16N4O2. The molecule has 0 saturated carbocycles. The van der Waals surface area contributed by atoms with E-state index in [9.17, 15) is 9.59 Å². The number of hydrogen-bond donors (Lipinski definition) is 2. The van der Waals surface area contributed by atoms with E-state index >= 15 is 0 Å². The third-order valence-electron chi connectivity index (χ3n) is 3.48. The lowest BCUT2D eigenvalue weighted by molar-refractivity contribution is -0.128. The lowest BCUT2D eigenvalue weighted by Crippen LogP contribution is -2.33. The molecule has 0 unspecified atom stereocenters. The normalized spacial score (nSPS) is 14.7. The van der Waals surface area contributed by atoms with E-state index in [1.165, 1.54) is 0 Å². The van der Waals surface area contributed by atoms with Gasteiger partial charge in [0.2, 0.25) is 11.9 Å². The third kappa shape index (κ3) is 2.49. The zero-order valence-corrected chi connectivity index (χ0v) is 11.1. The third-order valence-corrected chi connectivity index (χ3v) is 3.48. The molecule has 104 valence electrons. The number of amides is 1. The Morgan fingerprint density at radius 2 is 2.05 bits per heavy atom. The van der Waals surface area contributed by atoms with Crippen LogP contribution in [0.1, 0.15) is 12.8 Å². The summed E-state index contributed by atoms with van der Waals surface area (Å²) in [7, 11) is 0. The summed E-state index contributed by atoms with van der Waals surface area (Å²) >= 11 is 0. The van der Waals surface area contributed by atoms with Gasteiger partial charge in [-0.15, -0.1) is 0 Å². The lowest BCUT2D eigenvalue weighted by Gasteiger charge is -2.15. The van der Waals surface area contributed by atoms with Gasteiger partial charge >= 0.3 is 0 Å². The largest absolute Gasteiger partial charge is 0.347 e. The molecule has 2 heterocycles. The minimum atomic E-state index is -0.202. The van der Waals surface area contributed by atoms with Crippen molar-refractivity contribution in [2.45, 2.75) is 12.8 Å². The summed E-state index contributed by atoms with van der Waals surface area (Å²) < 4.78 is 0. The van der Waals surface area contributed by atoms with E-state index in [-0.39, 0.29) is 18.0 Å². The second-order valence-electron chi connectivity index (χ2n) is 4.87. The van der Waals surface area contributed by atoms with Crippen LogP contribution in [0, 0.1) is 0 Å². The van der Waals surface area contributed by atoms with Crippen molar-refractivity contribution in [1.29, 1.82) is 0 Å². The fourth-order valence-corrected chi connectivity index (χ4v) is 2.41. The van der Waals surface area contributed by atoms with Gasteiger partial charge in [0, 0.05) is 13.1 Å². The second kappa shape index (κ2) is 5.32. The molecule has 1 aliphatic heterocycles. The van der Waals surface area contributed by atoms with Crippen molar-refractivity contribution in [2.75, 3.05) is 25.0 Å². The number of aromatic amines is 1. The molecule has 1 aromatic heterocycles. The number of carbonyl (C=O) groups excluding carboxylic acids is 1. The first-order valence-electron chi connectivity index (χ1n) is 6.75. The van der Waals surface area contributed by atoms with Crippen molar-refractivity contribution in [3.63, 3.8) is 0 Å². The van der Waals surface area contributed by atoms with Crippen LogP contribution in [0.3, 0.4) is 0 Å². The Morgan fingerprint density at radius 1 is 1.30 bits per heavy atom. The number of anilines is 1. The van der Waals surface area contributed by atoms with Gasteiger partial charge in [-0.1, -0.05) is 12.1 Å². The van der Waals surface area contributed by atoms with Crippen molar-refractivity contribution in [1.82, 2.24) is 14.9 Å². The number of nitrogens with zero attached hydrogens (tertiary/aromatic N) is 2. The van der Waals surface area contributed by atoms with Crippen molar-refractivity contribution in [3.05, 3.63) is 34.6 Å². The minimum absolute atomic E-state index is 0.0401. The van der Waals surface area contributed by atoms with Gasteiger partial charge in [-0.2, -0.15) is 0 Å².